The Balaban J connectivity index is 2.15. The molecule has 1 unspecified atom stereocenters. The van der Waals surface area contributed by atoms with Gasteiger partial charge in [0.25, 0.3) is 0 Å². The summed E-state index contributed by atoms with van der Waals surface area (Å²) >= 11 is 0. The first-order chi connectivity index (χ1) is 17.9. The van der Waals surface area contributed by atoms with Gasteiger partial charge < -0.3 is 23.7 Å². The predicted octanol–water partition coefficient (Wildman–Crippen LogP) is 7.55. The molecule has 2 aromatic heterocycles. The number of rotatable bonds is 8. The van der Waals surface area contributed by atoms with Gasteiger partial charge in [-0.1, -0.05) is 62.3 Å². The average molecular weight is 609 g/mol. The van der Waals surface area contributed by atoms with Crippen molar-refractivity contribution in [1.82, 2.24) is 14.6 Å². The normalized spacial score (nSPS) is 23.8. The largest absolute Gasteiger partial charge is 0.414 e. The lowest BCUT2D eigenvalue weighted by Crippen LogP contribution is -2.54. The SMILES string of the molecule is CC(C)(C)[Si](C)(C)OC[C@H]1OC(c2ccc3c(N)ncnn23)[C@@H](O[Si](C)(C)C(C)(C)C)[C@@H]1O[Si](C)(C)C(C)(C)C. The van der Waals surface area contributed by atoms with Gasteiger partial charge >= 0.3 is 0 Å². The molecule has 228 valence electrons. The predicted molar refractivity (Wildman–Crippen MR) is 172 cm³/mol. The topological polar surface area (TPSA) is 93.1 Å². The van der Waals surface area contributed by atoms with Crippen LogP contribution in [0.5, 0.6) is 0 Å². The van der Waals surface area contributed by atoms with Crippen molar-refractivity contribution in [1.29, 1.82) is 0 Å². The lowest BCUT2D eigenvalue weighted by atomic mass is 10.1. The van der Waals surface area contributed by atoms with E-state index in [2.05, 4.69) is 112 Å². The number of nitrogens with zero attached hydrogens (tertiary/aromatic N) is 3. The highest BCUT2D eigenvalue weighted by atomic mass is 28.4. The van der Waals surface area contributed by atoms with E-state index in [9.17, 15) is 0 Å². The van der Waals surface area contributed by atoms with Gasteiger partial charge in [-0.15, -0.1) is 0 Å². The maximum Gasteiger partial charge on any atom is 0.192 e. The summed E-state index contributed by atoms with van der Waals surface area (Å²) in [6.45, 7) is 34.7. The minimum Gasteiger partial charge on any atom is -0.414 e. The summed E-state index contributed by atoms with van der Waals surface area (Å²) in [5, 5.41) is 4.68. The molecule has 0 spiro atoms. The maximum absolute atomic E-state index is 7.26. The Kier molecular flexibility index (Phi) is 9.09. The summed E-state index contributed by atoms with van der Waals surface area (Å²) in [6.07, 6.45) is 0.208. The Morgan fingerprint density at radius 1 is 0.800 bits per heavy atom. The molecule has 1 saturated heterocycles. The van der Waals surface area contributed by atoms with E-state index in [1.54, 1.807) is 0 Å². The Morgan fingerprint density at radius 2 is 1.30 bits per heavy atom. The molecular weight excluding hydrogens is 553 g/mol. The fourth-order valence-corrected chi connectivity index (χ4v) is 7.73. The van der Waals surface area contributed by atoms with Gasteiger partial charge in [0.05, 0.1) is 12.3 Å². The minimum atomic E-state index is -2.23. The zero-order valence-electron chi connectivity index (χ0n) is 27.8. The molecule has 2 N–H and O–H groups in total. The van der Waals surface area contributed by atoms with Gasteiger partial charge in [0.15, 0.2) is 30.8 Å². The van der Waals surface area contributed by atoms with Crippen LogP contribution in [0.4, 0.5) is 5.82 Å². The van der Waals surface area contributed by atoms with Gasteiger partial charge in [-0.05, 0) is 66.5 Å². The van der Waals surface area contributed by atoms with E-state index < -0.39 is 31.1 Å². The second-order valence-corrected chi connectivity index (χ2v) is 30.4. The van der Waals surface area contributed by atoms with Gasteiger partial charge in [0.1, 0.15) is 36.3 Å². The Labute approximate surface area is 246 Å². The summed E-state index contributed by atoms with van der Waals surface area (Å²) in [5.41, 5.74) is 7.87. The molecule has 1 aliphatic rings. The first-order valence-electron chi connectivity index (χ1n) is 14.6. The van der Waals surface area contributed by atoms with Gasteiger partial charge in [-0.3, -0.25) is 0 Å². The van der Waals surface area contributed by atoms with Crippen LogP contribution in [0.2, 0.25) is 54.4 Å². The second-order valence-electron chi connectivity index (χ2n) is 16.1. The summed E-state index contributed by atoms with van der Waals surface area (Å²) in [7, 11) is -6.47. The van der Waals surface area contributed by atoms with E-state index >= 15 is 0 Å². The third-order valence-corrected chi connectivity index (χ3v) is 23.4. The number of hydrogen-bond acceptors (Lipinski definition) is 7. The van der Waals surface area contributed by atoms with Crippen LogP contribution in [0.3, 0.4) is 0 Å². The number of anilines is 1. The monoisotopic (exact) mass is 608 g/mol. The molecule has 3 heterocycles. The van der Waals surface area contributed by atoms with Crippen LogP contribution < -0.4 is 5.73 Å². The average Bonchev–Trinajstić information content (AvgIpc) is 3.32. The standard InChI is InChI=1S/C29H56N4O4Si3/c1-27(2,3)38(10,11)34-18-22-24(36-39(12,13)28(4,5)6)25(37-40(14,15)29(7,8)9)23(35-22)20-16-17-21-26(30)31-19-32-33(20)21/h16-17,19,22-25H,18H2,1-15H3,(H2,30,31,32)/t22-,23?,24-,25-/m1/s1. The van der Waals surface area contributed by atoms with Crippen LogP contribution in [0.1, 0.15) is 74.1 Å². The zero-order chi connectivity index (χ0) is 30.7. The molecule has 0 bridgehead atoms. The van der Waals surface area contributed by atoms with Crippen molar-refractivity contribution >= 4 is 36.3 Å². The zero-order valence-corrected chi connectivity index (χ0v) is 30.8. The maximum atomic E-state index is 7.26. The van der Waals surface area contributed by atoms with Crippen LogP contribution in [-0.2, 0) is 18.0 Å². The lowest BCUT2D eigenvalue weighted by molar-refractivity contribution is -0.0191. The van der Waals surface area contributed by atoms with Crippen LogP contribution in [-0.4, -0.2) is 64.5 Å². The molecule has 40 heavy (non-hydrogen) atoms. The smallest absolute Gasteiger partial charge is 0.192 e. The van der Waals surface area contributed by atoms with Crippen LogP contribution in [0.15, 0.2) is 18.5 Å². The van der Waals surface area contributed by atoms with Gasteiger partial charge in [-0.25, -0.2) is 9.50 Å². The molecular formula is C29H56N4O4Si3. The highest BCUT2D eigenvalue weighted by Crippen LogP contribution is 2.47. The van der Waals surface area contributed by atoms with E-state index in [-0.39, 0.29) is 33.4 Å². The molecule has 1 aliphatic heterocycles. The lowest BCUT2D eigenvalue weighted by Gasteiger charge is -2.44. The van der Waals surface area contributed by atoms with E-state index in [0.717, 1.165) is 11.2 Å². The number of hydrogen-bond donors (Lipinski definition) is 1. The number of ether oxygens (including phenoxy) is 1. The van der Waals surface area contributed by atoms with Crippen molar-refractivity contribution in [3.8, 4) is 0 Å². The molecule has 11 heteroatoms. The Morgan fingerprint density at radius 3 is 1.80 bits per heavy atom. The molecule has 3 rings (SSSR count). The molecule has 0 aromatic carbocycles. The number of aromatic nitrogens is 3. The second kappa shape index (κ2) is 10.9. The number of nitrogens with two attached hydrogens (primary N) is 1. The summed E-state index contributed by atoms with van der Waals surface area (Å²) in [5.74, 6) is 0.438. The van der Waals surface area contributed by atoms with Gasteiger partial charge in [0.2, 0.25) is 0 Å². The fourth-order valence-electron chi connectivity index (χ4n) is 4.10. The Hall–Kier alpha value is -1.09. The highest BCUT2D eigenvalue weighted by Gasteiger charge is 2.55. The molecule has 1 fully saturated rings. The van der Waals surface area contributed by atoms with Crippen LogP contribution in [0, 0.1) is 0 Å². The molecule has 0 aliphatic carbocycles. The molecule has 0 saturated carbocycles. The summed E-state index contributed by atoms with van der Waals surface area (Å²) in [6, 6.07) is 3.99. The quantitative estimate of drug-likeness (QED) is 0.309. The van der Waals surface area contributed by atoms with Crippen molar-refractivity contribution in [3.05, 3.63) is 24.2 Å². The first-order valence-corrected chi connectivity index (χ1v) is 23.4. The summed E-state index contributed by atoms with van der Waals surface area (Å²) in [4.78, 5) is 4.19. The van der Waals surface area contributed by atoms with Crippen molar-refractivity contribution in [2.24, 2.45) is 0 Å². The fraction of sp³-hybridized carbons (Fsp3) is 0.793. The van der Waals surface area contributed by atoms with E-state index in [4.69, 9.17) is 23.7 Å². The van der Waals surface area contributed by atoms with Gasteiger partial charge in [0, 0.05) is 0 Å². The third-order valence-electron chi connectivity index (χ3n) is 10.0. The highest BCUT2D eigenvalue weighted by molar-refractivity contribution is 6.75. The van der Waals surface area contributed by atoms with Gasteiger partial charge in [-0.2, -0.15) is 5.10 Å². The van der Waals surface area contributed by atoms with E-state index in [1.807, 2.05) is 16.6 Å². The molecule has 2 aromatic rings. The molecule has 0 amide bonds. The van der Waals surface area contributed by atoms with Crippen molar-refractivity contribution in [3.63, 3.8) is 0 Å². The molecule has 8 nitrogen and oxygen atoms in total. The van der Waals surface area contributed by atoms with Crippen molar-refractivity contribution < 1.29 is 18.0 Å². The minimum absolute atomic E-state index is 0.0165. The molecule has 4 atom stereocenters. The van der Waals surface area contributed by atoms with Crippen molar-refractivity contribution in [2.45, 2.75) is 141 Å². The van der Waals surface area contributed by atoms with Crippen LogP contribution in [0.25, 0.3) is 5.52 Å². The summed E-state index contributed by atoms with van der Waals surface area (Å²) < 4.78 is 30.1. The van der Waals surface area contributed by atoms with E-state index in [1.165, 1.54) is 6.33 Å². The third kappa shape index (κ3) is 6.60. The number of fused-ring (bicyclic) bond motifs is 1. The Bertz CT molecular complexity index is 1180. The van der Waals surface area contributed by atoms with E-state index in [0.29, 0.717) is 12.4 Å². The number of nitrogen functional groups attached to an aromatic ring is 1. The first kappa shape index (κ1) is 33.4. The van der Waals surface area contributed by atoms with Crippen LogP contribution >= 0.6 is 0 Å². The molecule has 0 radical (unpaired) electrons. The van der Waals surface area contributed by atoms with Crippen molar-refractivity contribution in [2.75, 3.05) is 12.3 Å².